The van der Waals surface area contributed by atoms with Gasteiger partial charge in [0.15, 0.2) is 9.84 Å². The highest BCUT2D eigenvalue weighted by molar-refractivity contribution is 7.92. The van der Waals surface area contributed by atoms with Gasteiger partial charge in [-0.15, -0.1) is 0 Å². The zero-order valence-corrected chi connectivity index (χ0v) is 8.35. The van der Waals surface area contributed by atoms with Crippen LogP contribution in [0, 0.1) is 0 Å². The third-order valence-electron chi connectivity index (χ3n) is 2.05. The molecule has 3 nitrogen and oxygen atoms in total. The van der Waals surface area contributed by atoms with Crippen molar-refractivity contribution in [2.24, 2.45) is 0 Å². The van der Waals surface area contributed by atoms with Crippen molar-refractivity contribution in [3.63, 3.8) is 0 Å². The van der Waals surface area contributed by atoms with E-state index >= 15 is 0 Å². The fourth-order valence-electron chi connectivity index (χ4n) is 1.73. The highest BCUT2D eigenvalue weighted by Crippen LogP contribution is 2.29. The largest absolute Gasteiger partial charge is 0.389 e. The van der Waals surface area contributed by atoms with Gasteiger partial charge in [-0.25, -0.2) is 8.42 Å². The zero-order chi connectivity index (χ0) is 9.57. The topological polar surface area (TPSA) is 54.4 Å². The first kappa shape index (κ1) is 9.74. The van der Waals surface area contributed by atoms with Gasteiger partial charge >= 0.3 is 0 Å². The Balaban J connectivity index is 3.11. The van der Waals surface area contributed by atoms with Crippen molar-refractivity contribution in [3.05, 3.63) is 11.6 Å². The summed E-state index contributed by atoms with van der Waals surface area (Å²) >= 11 is 0. The summed E-state index contributed by atoms with van der Waals surface area (Å²) in [4.78, 5) is 0. The molecule has 1 heterocycles. The molecule has 0 aromatic heterocycles. The number of aliphatic hydroxyl groups is 1. The first-order chi connectivity index (χ1) is 5.25. The minimum atomic E-state index is -3.14. The molecule has 1 unspecified atom stereocenters. The van der Waals surface area contributed by atoms with Gasteiger partial charge in [0.2, 0.25) is 0 Å². The quantitative estimate of drug-likeness (QED) is 0.613. The van der Waals surface area contributed by atoms with Crippen LogP contribution < -0.4 is 0 Å². The molecule has 0 fully saturated rings. The molecule has 0 radical (unpaired) electrons. The average Bonchev–Trinajstić information content (AvgIpc) is 2.03. The van der Waals surface area contributed by atoms with Crippen LogP contribution in [0.2, 0.25) is 0 Å². The summed E-state index contributed by atoms with van der Waals surface area (Å²) in [5, 5.41) is 8.89. The molecule has 4 heteroatoms. The maximum Gasteiger partial charge on any atom is 0.163 e. The van der Waals surface area contributed by atoms with E-state index in [2.05, 4.69) is 0 Å². The number of rotatable bonds is 1. The smallest absolute Gasteiger partial charge is 0.163 e. The first-order valence-corrected chi connectivity index (χ1v) is 5.57. The Morgan fingerprint density at radius 1 is 1.58 bits per heavy atom. The van der Waals surface area contributed by atoms with E-state index in [-0.39, 0.29) is 5.75 Å². The van der Waals surface area contributed by atoms with Gasteiger partial charge in [0.25, 0.3) is 0 Å². The van der Waals surface area contributed by atoms with Crippen LogP contribution >= 0.6 is 0 Å². The Hall–Kier alpha value is -0.350. The fourth-order valence-corrected chi connectivity index (χ4v) is 3.96. The molecular formula is C8H14O3S. The Morgan fingerprint density at radius 3 is 2.25 bits per heavy atom. The first-order valence-electron chi connectivity index (χ1n) is 3.86. The highest BCUT2D eigenvalue weighted by Gasteiger charge is 2.41. The molecule has 0 aromatic carbocycles. The minimum absolute atomic E-state index is 0.0630. The Kier molecular flexibility index (Phi) is 2.08. The van der Waals surface area contributed by atoms with Gasteiger partial charge < -0.3 is 5.11 Å². The Bertz CT molecular complexity index is 306. The molecule has 0 aliphatic carbocycles. The normalized spacial score (nSPS) is 28.7. The minimum Gasteiger partial charge on any atom is -0.389 e. The highest BCUT2D eigenvalue weighted by atomic mass is 32.2. The lowest BCUT2D eigenvalue weighted by Gasteiger charge is -2.25. The van der Waals surface area contributed by atoms with Gasteiger partial charge in [-0.3, -0.25) is 0 Å². The molecule has 0 bridgehead atoms. The van der Waals surface area contributed by atoms with Crippen molar-refractivity contribution in [1.82, 2.24) is 0 Å². The maximum atomic E-state index is 11.4. The van der Waals surface area contributed by atoms with Crippen LogP contribution in [0.25, 0.3) is 0 Å². The van der Waals surface area contributed by atoms with E-state index in [1.54, 1.807) is 13.0 Å². The molecule has 1 atom stereocenters. The Labute approximate surface area is 73.0 Å². The van der Waals surface area contributed by atoms with Gasteiger partial charge in [0.05, 0.1) is 11.4 Å². The summed E-state index contributed by atoms with van der Waals surface area (Å²) in [6, 6.07) is 0. The summed E-state index contributed by atoms with van der Waals surface area (Å²) in [5.41, 5.74) is -0.418. The van der Waals surface area contributed by atoms with Crippen LogP contribution in [0.5, 0.6) is 0 Å². The second-order valence-electron chi connectivity index (χ2n) is 3.81. The van der Waals surface area contributed by atoms with Gasteiger partial charge in [0, 0.05) is 0 Å². The van der Waals surface area contributed by atoms with Crippen molar-refractivity contribution in [3.8, 4) is 0 Å². The second-order valence-corrected chi connectivity index (χ2v) is 5.94. The lowest BCUT2D eigenvalue weighted by Crippen LogP contribution is -2.40. The fraction of sp³-hybridized carbons (Fsp3) is 0.750. The molecule has 0 aromatic rings. The molecule has 0 amide bonds. The molecule has 0 spiro atoms. The Morgan fingerprint density at radius 2 is 2.08 bits per heavy atom. The molecule has 12 heavy (non-hydrogen) atoms. The van der Waals surface area contributed by atoms with Gasteiger partial charge in [-0.2, -0.15) is 0 Å². The molecule has 0 saturated heterocycles. The van der Waals surface area contributed by atoms with Crippen molar-refractivity contribution in [2.75, 3.05) is 5.75 Å². The summed E-state index contributed by atoms with van der Waals surface area (Å²) in [6.07, 6.45) is 1.66. The predicted molar refractivity (Wildman–Crippen MR) is 47.6 cm³/mol. The van der Waals surface area contributed by atoms with E-state index in [9.17, 15) is 13.5 Å². The molecule has 1 aliphatic rings. The van der Waals surface area contributed by atoms with Crippen LogP contribution in [-0.4, -0.2) is 30.1 Å². The molecule has 1 aliphatic heterocycles. The summed E-state index contributed by atoms with van der Waals surface area (Å²) in [5.74, 6) is 0.0630. The van der Waals surface area contributed by atoms with Crippen molar-refractivity contribution in [1.29, 1.82) is 0 Å². The van der Waals surface area contributed by atoms with Crippen molar-refractivity contribution >= 4 is 9.84 Å². The maximum absolute atomic E-state index is 11.4. The lowest BCUT2D eigenvalue weighted by molar-refractivity contribution is 0.0847. The zero-order valence-electron chi connectivity index (χ0n) is 7.53. The predicted octanol–water partition coefficient (Wildman–Crippen LogP) is 0.501. The molecule has 1 N–H and O–H groups in total. The van der Waals surface area contributed by atoms with Gasteiger partial charge in [-0.05, 0) is 20.8 Å². The van der Waals surface area contributed by atoms with Crippen molar-refractivity contribution < 1.29 is 13.5 Å². The molecule has 0 saturated carbocycles. The van der Waals surface area contributed by atoms with E-state index in [1.807, 2.05) is 0 Å². The van der Waals surface area contributed by atoms with E-state index in [1.165, 1.54) is 13.8 Å². The van der Waals surface area contributed by atoms with Gasteiger partial charge in [-0.1, -0.05) is 11.6 Å². The van der Waals surface area contributed by atoms with Crippen molar-refractivity contribution in [2.45, 2.75) is 31.6 Å². The van der Waals surface area contributed by atoms with E-state index in [0.29, 0.717) is 0 Å². The number of sulfone groups is 1. The summed E-state index contributed by atoms with van der Waals surface area (Å²) in [6.45, 7) is 4.79. The molecular weight excluding hydrogens is 176 g/mol. The number of hydrogen-bond acceptors (Lipinski definition) is 3. The third-order valence-corrected chi connectivity index (χ3v) is 4.35. The average molecular weight is 190 g/mol. The number of hydrogen-bond donors (Lipinski definition) is 1. The second kappa shape index (κ2) is 2.57. The standard InChI is InChI=1S/C8H14O3S/c1-6-4-5-12(10,11)7(6)8(2,3)9/h4,7,9H,5H2,1-3H3. The van der Waals surface area contributed by atoms with Crippen LogP contribution in [0.4, 0.5) is 0 Å². The summed E-state index contributed by atoms with van der Waals surface area (Å²) < 4.78 is 22.8. The van der Waals surface area contributed by atoms with Crippen LogP contribution in [0.3, 0.4) is 0 Å². The molecule has 1 rings (SSSR count). The SMILES string of the molecule is CC1=CCS(=O)(=O)C1C(C)(C)O. The van der Waals surface area contributed by atoms with E-state index in [4.69, 9.17) is 0 Å². The van der Waals surface area contributed by atoms with Crippen LogP contribution in [-0.2, 0) is 9.84 Å². The van der Waals surface area contributed by atoms with E-state index < -0.39 is 20.7 Å². The molecule has 70 valence electrons. The monoisotopic (exact) mass is 190 g/mol. The van der Waals surface area contributed by atoms with Crippen LogP contribution in [0.1, 0.15) is 20.8 Å². The third kappa shape index (κ3) is 1.54. The van der Waals surface area contributed by atoms with Gasteiger partial charge in [0.1, 0.15) is 5.25 Å². The van der Waals surface area contributed by atoms with E-state index in [0.717, 1.165) is 5.57 Å². The summed E-state index contributed by atoms with van der Waals surface area (Å²) in [7, 11) is -3.14. The lowest BCUT2D eigenvalue weighted by atomic mass is 9.99. The van der Waals surface area contributed by atoms with Crippen LogP contribution in [0.15, 0.2) is 11.6 Å².